The molecule has 3 nitrogen and oxygen atoms in total. The van der Waals surface area contributed by atoms with Crippen LogP contribution in [0.25, 0.3) is 11.1 Å². The number of amides is 1. The SMILES string of the molecule is CC[NH+](CC)CCCNC(=O)c1ccc(-c2ccccc2)cc1. The van der Waals surface area contributed by atoms with E-state index in [4.69, 9.17) is 0 Å². The molecule has 0 aliphatic rings. The molecule has 0 spiro atoms. The zero-order chi connectivity index (χ0) is 16.5. The largest absolute Gasteiger partial charge is 0.352 e. The summed E-state index contributed by atoms with van der Waals surface area (Å²) in [6.45, 7) is 8.54. The summed E-state index contributed by atoms with van der Waals surface area (Å²) in [6, 6.07) is 18.0. The first kappa shape index (κ1) is 17.2. The maximum Gasteiger partial charge on any atom is 0.251 e. The molecule has 2 aromatic carbocycles. The van der Waals surface area contributed by atoms with Crippen LogP contribution in [0.2, 0.25) is 0 Å². The fraction of sp³-hybridized carbons (Fsp3) is 0.350. The van der Waals surface area contributed by atoms with Crippen molar-refractivity contribution in [3.63, 3.8) is 0 Å². The van der Waals surface area contributed by atoms with Crippen LogP contribution in [0.15, 0.2) is 54.6 Å². The Morgan fingerprint density at radius 2 is 1.52 bits per heavy atom. The van der Waals surface area contributed by atoms with Gasteiger partial charge in [0.2, 0.25) is 0 Å². The van der Waals surface area contributed by atoms with Crippen LogP contribution in [0.4, 0.5) is 0 Å². The molecule has 0 fully saturated rings. The van der Waals surface area contributed by atoms with Crippen LogP contribution in [0.1, 0.15) is 30.6 Å². The first-order valence-electron chi connectivity index (χ1n) is 8.51. The first-order valence-corrected chi connectivity index (χ1v) is 8.51. The highest BCUT2D eigenvalue weighted by molar-refractivity contribution is 5.94. The van der Waals surface area contributed by atoms with Gasteiger partial charge in [0.15, 0.2) is 0 Å². The van der Waals surface area contributed by atoms with Gasteiger partial charge >= 0.3 is 0 Å². The lowest BCUT2D eigenvalue weighted by molar-refractivity contribution is -0.896. The molecule has 122 valence electrons. The van der Waals surface area contributed by atoms with Crippen molar-refractivity contribution in [2.45, 2.75) is 20.3 Å². The van der Waals surface area contributed by atoms with E-state index in [0.29, 0.717) is 0 Å². The smallest absolute Gasteiger partial charge is 0.251 e. The summed E-state index contributed by atoms with van der Waals surface area (Å²) in [5, 5.41) is 3.01. The highest BCUT2D eigenvalue weighted by Gasteiger charge is 2.06. The molecule has 0 saturated heterocycles. The first-order chi connectivity index (χ1) is 11.2. The lowest BCUT2D eigenvalue weighted by atomic mass is 10.0. The second-order valence-corrected chi connectivity index (χ2v) is 5.76. The third-order valence-corrected chi connectivity index (χ3v) is 4.25. The predicted molar refractivity (Wildman–Crippen MR) is 95.7 cm³/mol. The van der Waals surface area contributed by atoms with Gasteiger partial charge in [0.25, 0.3) is 5.91 Å². The minimum Gasteiger partial charge on any atom is -0.352 e. The van der Waals surface area contributed by atoms with Gasteiger partial charge in [-0.3, -0.25) is 4.79 Å². The number of carbonyl (C=O) groups excluding carboxylic acids is 1. The average Bonchev–Trinajstić information content (AvgIpc) is 2.62. The Balaban J connectivity index is 1.84. The molecule has 23 heavy (non-hydrogen) atoms. The van der Waals surface area contributed by atoms with Gasteiger partial charge in [0.05, 0.1) is 19.6 Å². The Bertz CT molecular complexity index is 589. The van der Waals surface area contributed by atoms with Crippen LogP contribution in [-0.2, 0) is 0 Å². The number of carbonyl (C=O) groups is 1. The fourth-order valence-corrected chi connectivity index (χ4v) is 2.69. The van der Waals surface area contributed by atoms with Crippen molar-refractivity contribution < 1.29 is 9.69 Å². The summed E-state index contributed by atoms with van der Waals surface area (Å²) in [6.07, 6.45) is 1.02. The minimum absolute atomic E-state index is 0.0131. The minimum atomic E-state index is 0.0131. The highest BCUT2D eigenvalue weighted by Crippen LogP contribution is 2.19. The Morgan fingerprint density at radius 3 is 2.13 bits per heavy atom. The van der Waals surface area contributed by atoms with Crippen molar-refractivity contribution in [1.29, 1.82) is 0 Å². The fourth-order valence-electron chi connectivity index (χ4n) is 2.69. The normalized spacial score (nSPS) is 10.7. The summed E-state index contributed by atoms with van der Waals surface area (Å²) >= 11 is 0. The average molecular weight is 311 g/mol. The monoisotopic (exact) mass is 311 g/mol. The second kappa shape index (κ2) is 9.11. The molecule has 3 heteroatoms. The van der Waals surface area contributed by atoms with Crippen LogP contribution in [0, 0.1) is 0 Å². The lowest BCUT2D eigenvalue weighted by Crippen LogP contribution is -3.11. The maximum absolute atomic E-state index is 12.2. The van der Waals surface area contributed by atoms with Crippen molar-refractivity contribution in [2.75, 3.05) is 26.2 Å². The zero-order valence-corrected chi connectivity index (χ0v) is 14.1. The van der Waals surface area contributed by atoms with E-state index in [1.807, 2.05) is 42.5 Å². The van der Waals surface area contributed by atoms with Gasteiger partial charge in [0.1, 0.15) is 0 Å². The molecule has 0 aliphatic carbocycles. The van der Waals surface area contributed by atoms with Crippen LogP contribution in [0.3, 0.4) is 0 Å². The molecular weight excluding hydrogens is 284 g/mol. The Kier molecular flexibility index (Phi) is 6.82. The van der Waals surface area contributed by atoms with E-state index in [2.05, 4.69) is 31.3 Å². The van der Waals surface area contributed by atoms with Crippen molar-refractivity contribution in [3.8, 4) is 11.1 Å². The number of rotatable bonds is 8. The van der Waals surface area contributed by atoms with Gasteiger partial charge in [-0.1, -0.05) is 42.5 Å². The van der Waals surface area contributed by atoms with Gasteiger partial charge in [-0.2, -0.15) is 0 Å². The second-order valence-electron chi connectivity index (χ2n) is 5.76. The molecule has 0 aliphatic heterocycles. The summed E-state index contributed by atoms with van der Waals surface area (Å²) in [5.41, 5.74) is 3.02. The van der Waals surface area contributed by atoms with E-state index in [1.165, 1.54) is 5.56 Å². The van der Waals surface area contributed by atoms with Crippen LogP contribution >= 0.6 is 0 Å². The number of quaternary nitrogens is 1. The Hall–Kier alpha value is -2.13. The quantitative estimate of drug-likeness (QED) is 0.721. The third kappa shape index (κ3) is 5.22. The van der Waals surface area contributed by atoms with Crippen LogP contribution in [-0.4, -0.2) is 32.1 Å². The molecule has 0 unspecified atom stereocenters. The van der Waals surface area contributed by atoms with Gasteiger partial charge < -0.3 is 10.2 Å². The topological polar surface area (TPSA) is 33.5 Å². The van der Waals surface area contributed by atoms with Crippen LogP contribution < -0.4 is 10.2 Å². The highest BCUT2D eigenvalue weighted by atomic mass is 16.1. The molecule has 2 aromatic rings. The van der Waals surface area contributed by atoms with Crippen LogP contribution in [0.5, 0.6) is 0 Å². The number of hydrogen-bond donors (Lipinski definition) is 2. The summed E-state index contributed by atoms with van der Waals surface area (Å²) in [4.78, 5) is 13.7. The van der Waals surface area contributed by atoms with Crippen molar-refractivity contribution in [2.24, 2.45) is 0 Å². The van der Waals surface area contributed by atoms with E-state index >= 15 is 0 Å². The number of hydrogen-bond acceptors (Lipinski definition) is 1. The molecule has 0 bridgehead atoms. The van der Waals surface area contributed by atoms with Gasteiger partial charge in [-0.05, 0) is 37.1 Å². The van der Waals surface area contributed by atoms with Crippen molar-refractivity contribution in [1.82, 2.24) is 5.32 Å². The van der Waals surface area contributed by atoms with E-state index in [-0.39, 0.29) is 5.91 Å². The Morgan fingerprint density at radius 1 is 0.913 bits per heavy atom. The van der Waals surface area contributed by atoms with E-state index in [9.17, 15) is 4.79 Å². The van der Waals surface area contributed by atoms with E-state index in [0.717, 1.165) is 43.7 Å². The third-order valence-electron chi connectivity index (χ3n) is 4.25. The molecule has 2 N–H and O–H groups in total. The van der Waals surface area contributed by atoms with Gasteiger partial charge in [0, 0.05) is 18.5 Å². The lowest BCUT2D eigenvalue weighted by Gasteiger charge is -2.15. The standard InChI is InChI=1S/C20H26N2O/c1-3-22(4-2)16-8-15-21-20(23)19-13-11-18(12-14-19)17-9-6-5-7-10-17/h5-7,9-14H,3-4,8,15-16H2,1-2H3,(H,21,23)/p+1. The summed E-state index contributed by atoms with van der Waals surface area (Å²) < 4.78 is 0. The number of benzene rings is 2. The maximum atomic E-state index is 12.2. The predicted octanol–water partition coefficient (Wildman–Crippen LogP) is 2.40. The summed E-state index contributed by atoms with van der Waals surface area (Å²) in [5.74, 6) is 0.0131. The molecule has 0 atom stereocenters. The molecule has 0 radical (unpaired) electrons. The molecule has 0 aromatic heterocycles. The molecule has 0 heterocycles. The van der Waals surface area contributed by atoms with Gasteiger partial charge in [-0.15, -0.1) is 0 Å². The summed E-state index contributed by atoms with van der Waals surface area (Å²) in [7, 11) is 0. The zero-order valence-electron chi connectivity index (χ0n) is 14.1. The molecular formula is C20H27N2O+. The molecule has 2 rings (SSSR count). The molecule has 0 saturated carbocycles. The Labute approximate surface area is 139 Å². The van der Waals surface area contributed by atoms with Gasteiger partial charge in [-0.25, -0.2) is 0 Å². The van der Waals surface area contributed by atoms with Crippen molar-refractivity contribution in [3.05, 3.63) is 60.2 Å². The van der Waals surface area contributed by atoms with E-state index in [1.54, 1.807) is 4.90 Å². The van der Waals surface area contributed by atoms with E-state index < -0.39 is 0 Å². The number of nitrogens with one attached hydrogen (secondary N) is 2. The van der Waals surface area contributed by atoms with Crippen molar-refractivity contribution >= 4 is 5.91 Å². The molecule has 1 amide bonds.